The van der Waals surface area contributed by atoms with Gasteiger partial charge in [0.15, 0.2) is 0 Å². The first kappa shape index (κ1) is 17.6. The van der Waals surface area contributed by atoms with Crippen molar-refractivity contribution < 1.29 is 27.4 Å². The number of benzene rings is 2. The first-order valence-electron chi connectivity index (χ1n) is 7.40. The van der Waals surface area contributed by atoms with Gasteiger partial charge in [0.2, 0.25) is 0 Å². The zero-order valence-electron chi connectivity index (χ0n) is 13.8. The molecule has 0 amide bonds. The molecular weight excluding hydrogens is 351 g/mol. The molecule has 0 aliphatic heterocycles. The van der Waals surface area contributed by atoms with Crippen LogP contribution in [0.2, 0.25) is 0 Å². The summed E-state index contributed by atoms with van der Waals surface area (Å²) >= 11 is 0. The maximum atomic E-state index is 12.2. The van der Waals surface area contributed by atoms with E-state index in [0.717, 1.165) is 5.56 Å². The van der Waals surface area contributed by atoms with Gasteiger partial charge in [-0.3, -0.25) is 0 Å². The van der Waals surface area contributed by atoms with Crippen LogP contribution in [0.15, 0.2) is 48.7 Å². The van der Waals surface area contributed by atoms with Gasteiger partial charge in [0.05, 0.1) is 26.1 Å². The molecule has 1 aromatic heterocycles. The van der Waals surface area contributed by atoms with Crippen LogP contribution < -0.4 is 14.2 Å². The van der Waals surface area contributed by atoms with Gasteiger partial charge in [-0.05, 0) is 36.4 Å². The molecular formula is C17H14F3N3O3. The molecule has 0 saturated heterocycles. The van der Waals surface area contributed by atoms with Gasteiger partial charge in [0, 0.05) is 11.6 Å². The molecule has 2 aromatic carbocycles. The fraction of sp³-hybridized carbons (Fsp3) is 0.176. The number of rotatable bonds is 5. The summed E-state index contributed by atoms with van der Waals surface area (Å²) in [6, 6.07) is 10.6. The van der Waals surface area contributed by atoms with Crippen LogP contribution >= 0.6 is 0 Å². The van der Waals surface area contributed by atoms with Gasteiger partial charge in [-0.25, -0.2) is 4.68 Å². The van der Waals surface area contributed by atoms with E-state index >= 15 is 0 Å². The van der Waals surface area contributed by atoms with Crippen LogP contribution in [0.25, 0.3) is 16.9 Å². The van der Waals surface area contributed by atoms with Crippen molar-refractivity contribution in [3.05, 3.63) is 48.7 Å². The SMILES string of the molecule is COc1cc(OC)cc(-c2cn(-c3ccc(OC(F)(F)F)cc3)nn2)c1. The number of nitrogens with zero attached hydrogens (tertiary/aromatic N) is 3. The second-order valence-corrected chi connectivity index (χ2v) is 5.19. The number of hydrogen-bond acceptors (Lipinski definition) is 5. The van der Waals surface area contributed by atoms with E-state index in [2.05, 4.69) is 15.0 Å². The summed E-state index contributed by atoms with van der Waals surface area (Å²) in [7, 11) is 3.08. The molecule has 0 unspecified atom stereocenters. The first-order valence-corrected chi connectivity index (χ1v) is 7.40. The molecule has 0 N–H and O–H groups in total. The highest BCUT2D eigenvalue weighted by Crippen LogP contribution is 2.29. The molecule has 3 aromatic rings. The summed E-state index contributed by atoms with van der Waals surface area (Å²) in [5, 5.41) is 8.09. The zero-order chi connectivity index (χ0) is 18.7. The molecule has 0 fully saturated rings. The number of methoxy groups -OCH3 is 2. The van der Waals surface area contributed by atoms with Gasteiger partial charge in [-0.2, -0.15) is 0 Å². The van der Waals surface area contributed by atoms with Crippen molar-refractivity contribution in [3.63, 3.8) is 0 Å². The predicted octanol–water partition coefficient (Wildman–Crippen LogP) is 3.85. The van der Waals surface area contributed by atoms with E-state index in [1.165, 1.54) is 28.9 Å². The molecule has 0 spiro atoms. The van der Waals surface area contributed by atoms with Crippen LogP contribution in [0, 0.1) is 0 Å². The summed E-state index contributed by atoms with van der Waals surface area (Å²) in [5.41, 5.74) is 1.82. The van der Waals surface area contributed by atoms with E-state index in [9.17, 15) is 13.2 Å². The average molecular weight is 365 g/mol. The third-order valence-corrected chi connectivity index (χ3v) is 3.48. The van der Waals surface area contributed by atoms with Gasteiger partial charge < -0.3 is 14.2 Å². The first-order chi connectivity index (χ1) is 12.4. The molecule has 1 heterocycles. The highest BCUT2D eigenvalue weighted by Gasteiger charge is 2.31. The van der Waals surface area contributed by atoms with Crippen molar-refractivity contribution in [1.29, 1.82) is 0 Å². The minimum atomic E-state index is -4.73. The van der Waals surface area contributed by atoms with Crippen molar-refractivity contribution >= 4 is 0 Å². The lowest BCUT2D eigenvalue weighted by Crippen LogP contribution is -2.17. The Kier molecular flexibility index (Phi) is 4.70. The second kappa shape index (κ2) is 6.95. The van der Waals surface area contributed by atoms with Crippen molar-refractivity contribution in [1.82, 2.24) is 15.0 Å². The third kappa shape index (κ3) is 4.05. The Morgan fingerprint density at radius 2 is 1.50 bits per heavy atom. The molecule has 0 radical (unpaired) electrons. The minimum Gasteiger partial charge on any atom is -0.497 e. The lowest BCUT2D eigenvalue weighted by atomic mass is 10.1. The van der Waals surface area contributed by atoms with Crippen LogP contribution in [-0.4, -0.2) is 35.6 Å². The van der Waals surface area contributed by atoms with Crippen molar-refractivity contribution in [2.75, 3.05) is 14.2 Å². The largest absolute Gasteiger partial charge is 0.573 e. The highest BCUT2D eigenvalue weighted by atomic mass is 19.4. The van der Waals surface area contributed by atoms with Crippen LogP contribution in [0.4, 0.5) is 13.2 Å². The van der Waals surface area contributed by atoms with E-state index in [1.807, 2.05) is 0 Å². The summed E-state index contributed by atoms with van der Waals surface area (Å²) in [4.78, 5) is 0. The average Bonchev–Trinajstić information content (AvgIpc) is 3.10. The van der Waals surface area contributed by atoms with Crippen LogP contribution in [0.1, 0.15) is 0 Å². The normalized spacial score (nSPS) is 11.3. The van der Waals surface area contributed by atoms with Gasteiger partial charge in [0.1, 0.15) is 22.9 Å². The lowest BCUT2D eigenvalue weighted by molar-refractivity contribution is -0.274. The fourth-order valence-corrected chi connectivity index (χ4v) is 2.28. The molecule has 0 atom stereocenters. The Balaban J connectivity index is 1.86. The van der Waals surface area contributed by atoms with Crippen LogP contribution in [0.5, 0.6) is 17.2 Å². The summed E-state index contributed by atoms with van der Waals surface area (Å²) in [6.45, 7) is 0. The highest BCUT2D eigenvalue weighted by molar-refractivity contribution is 5.63. The predicted molar refractivity (Wildman–Crippen MR) is 86.6 cm³/mol. The Morgan fingerprint density at radius 1 is 0.885 bits per heavy atom. The van der Waals surface area contributed by atoms with Gasteiger partial charge in [-0.15, -0.1) is 18.3 Å². The smallest absolute Gasteiger partial charge is 0.497 e. The van der Waals surface area contributed by atoms with E-state index < -0.39 is 6.36 Å². The van der Waals surface area contributed by atoms with Gasteiger partial charge >= 0.3 is 6.36 Å². The van der Waals surface area contributed by atoms with E-state index in [0.29, 0.717) is 22.9 Å². The van der Waals surface area contributed by atoms with Crippen molar-refractivity contribution in [3.8, 4) is 34.2 Å². The van der Waals surface area contributed by atoms with Gasteiger partial charge in [0.25, 0.3) is 0 Å². The number of hydrogen-bond donors (Lipinski definition) is 0. The summed E-state index contributed by atoms with van der Waals surface area (Å²) in [6.07, 6.45) is -3.08. The van der Waals surface area contributed by atoms with E-state index in [4.69, 9.17) is 9.47 Å². The van der Waals surface area contributed by atoms with Crippen molar-refractivity contribution in [2.24, 2.45) is 0 Å². The zero-order valence-corrected chi connectivity index (χ0v) is 13.8. The molecule has 26 heavy (non-hydrogen) atoms. The molecule has 3 rings (SSSR count). The molecule has 0 saturated carbocycles. The molecule has 0 aliphatic carbocycles. The molecule has 136 valence electrons. The fourth-order valence-electron chi connectivity index (χ4n) is 2.28. The number of ether oxygens (including phenoxy) is 3. The maximum absolute atomic E-state index is 12.2. The maximum Gasteiger partial charge on any atom is 0.573 e. The van der Waals surface area contributed by atoms with Crippen molar-refractivity contribution in [2.45, 2.75) is 6.36 Å². The molecule has 0 bridgehead atoms. The van der Waals surface area contributed by atoms with Crippen LogP contribution in [0.3, 0.4) is 0 Å². The number of halogens is 3. The van der Waals surface area contributed by atoms with Gasteiger partial charge in [-0.1, -0.05) is 5.21 Å². The van der Waals surface area contributed by atoms with E-state index in [1.54, 1.807) is 38.6 Å². The standard InChI is InChI=1S/C17H14F3N3O3/c1-24-14-7-11(8-15(9-14)25-2)16-10-23(22-21-16)12-3-5-13(6-4-12)26-17(18,19)20/h3-10H,1-2H3. The molecule has 6 nitrogen and oxygen atoms in total. The minimum absolute atomic E-state index is 0.306. The molecule has 0 aliphatic rings. The number of aromatic nitrogens is 3. The summed E-state index contributed by atoms with van der Waals surface area (Å²) in [5.74, 6) is 0.893. The topological polar surface area (TPSA) is 58.4 Å². The third-order valence-electron chi connectivity index (χ3n) is 3.48. The monoisotopic (exact) mass is 365 g/mol. The Morgan fingerprint density at radius 3 is 2.04 bits per heavy atom. The quantitative estimate of drug-likeness (QED) is 0.687. The Bertz CT molecular complexity index is 870. The molecule has 9 heteroatoms. The number of alkyl halides is 3. The summed E-state index contributed by atoms with van der Waals surface area (Å²) < 4.78 is 52.4. The Hall–Kier alpha value is -3.23. The lowest BCUT2D eigenvalue weighted by Gasteiger charge is -2.09. The van der Waals surface area contributed by atoms with Crippen LogP contribution in [-0.2, 0) is 0 Å². The Labute approximate surface area is 146 Å². The second-order valence-electron chi connectivity index (χ2n) is 5.19. The van der Waals surface area contributed by atoms with E-state index in [-0.39, 0.29) is 5.75 Å².